The van der Waals surface area contributed by atoms with Gasteiger partial charge in [-0.1, -0.05) is 12.2 Å². The molecule has 2 N–H and O–H groups in total. The quantitative estimate of drug-likeness (QED) is 0.834. The summed E-state index contributed by atoms with van der Waals surface area (Å²) in [6.45, 7) is 4.10. The summed E-state index contributed by atoms with van der Waals surface area (Å²) < 4.78 is 5.85. The Kier molecular flexibility index (Phi) is 5.75. The van der Waals surface area contributed by atoms with Crippen LogP contribution in [-0.2, 0) is 0 Å². The molecule has 0 radical (unpaired) electrons. The average molecular weight is 345 g/mol. The second-order valence-electron chi connectivity index (χ2n) is 4.34. The summed E-state index contributed by atoms with van der Waals surface area (Å²) in [6.07, 6.45) is 0. The Morgan fingerprint density at radius 2 is 2.16 bits per heavy atom. The molecule has 19 heavy (non-hydrogen) atoms. The van der Waals surface area contributed by atoms with Gasteiger partial charge in [0.05, 0.1) is 24.2 Å². The fraction of sp³-hybridized carbons (Fsp3) is 0.385. The van der Waals surface area contributed by atoms with Crippen molar-refractivity contribution >= 4 is 39.0 Å². The van der Waals surface area contributed by atoms with E-state index >= 15 is 0 Å². The van der Waals surface area contributed by atoms with Gasteiger partial charge in [-0.05, 0) is 48.0 Å². The van der Waals surface area contributed by atoms with Gasteiger partial charge in [-0.25, -0.2) is 0 Å². The lowest BCUT2D eigenvalue weighted by Gasteiger charge is -2.26. The number of halogens is 1. The largest absolute Gasteiger partial charge is 0.497 e. The number of nitrogens with zero attached hydrogens (tertiary/aromatic N) is 1. The maximum Gasteiger partial charge on any atom is 0.255 e. The average Bonchev–Trinajstić information content (AvgIpc) is 2.35. The molecule has 1 aromatic carbocycles. The predicted octanol–water partition coefficient (Wildman–Crippen LogP) is 2.59. The second-order valence-corrected chi connectivity index (χ2v) is 5.72. The molecule has 0 bridgehead atoms. The van der Waals surface area contributed by atoms with E-state index in [0.29, 0.717) is 20.8 Å². The van der Waals surface area contributed by atoms with Crippen molar-refractivity contribution in [3.8, 4) is 5.75 Å². The Morgan fingerprint density at radius 3 is 2.63 bits per heavy atom. The van der Waals surface area contributed by atoms with Gasteiger partial charge in [0, 0.05) is 10.5 Å². The van der Waals surface area contributed by atoms with Crippen molar-refractivity contribution in [2.45, 2.75) is 19.9 Å². The second kappa shape index (κ2) is 6.86. The fourth-order valence-corrected chi connectivity index (χ4v) is 2.16. The van der Waals surface area contributed by atoms with Gasteiger partial charge < -0.3 is 15.4 Å². The number of carbonyl (C=O) groups is 1. The molecule has 1 aromatic rings. The van der Waals surface area contributed by atoms with E-state index in [1.54, 1.807) is 30.2 Å². The van der Waals surface area contributed by atoms with Crippen LogP contribution in [-0.4, -0.2) is 35.5 Å². The number of benzene rings is 1. The molecule has 0 aromatic heterocycles. The van der Waals surface area contributed by atoms with Crippen LogP contribution in [0.4, 0.5) is 0 Å². The van der Waals surface area contributed by atoms with E-state index < -0.39 is 0 Å². The number of methoxy groups -OCH3 is 1. The van der Waals surface area contributed by atoms with Crippen molar-refractivity contribution < 1.29 is 9.53 Å². The molecule has 0 fully saturated rings. The molecule has 104 valence electrons. The molecule has 0 aliphatic rings. The maximum absolute atomic E-state index is 12.5. The zero-order chi connectivity index (χ0) is 14.6. The van der Waals surface area contributed by atoms with Crippen molar-refractivity contribution in [2.75, 3.05) is 13.7 Å². The molecule has 0 atom stereocenters. The first-order valence-corrected chi connectivity index (χ1v) is 6.99. The van der Waals surface area contributed by atoms with E-state index in [4.69, 9.17) is 22.7 Å². The molecule has 6 heteroatoms. The highest BCUT2D eigenvalue weighted by atomic mass is 79.9. The summed E-state index contributed by atoms with van der Waals surface area (Å²) >= 11 is 8.27. The Bertz CT molecular complexity index is 492. The van der Waals surface area contributed by atoms with Crippen LogP contribution in [0.15, 0.2) is 22.7 Å². The molecular weight excluding hydrogens is 328 g/mol. The van der Waals surface area contributed by atoms with Gasteiger partial charge in [0.1, 0.15) is 5.75 Å². The summed E-state index contributed by atoms with van der Waals surface area (Å²) in [5.41, 5.74) is 6.07. The van der Waals surface area contributed by atoms with E-state index in [1.165, 1.54) is 0 Å². The number of carbonyl (C=O) groups excluding carboxylic acids is 1. The summed E-state index contributed by atoms with van der Waals surface area (Å²) in [7, 11) is 1.56. The van der Waals surface area contributed by atoms with Crippen LogP contribution in [0, 0.1) is 0 Å². The minimum Gasteiger partial charge on any atom is -0.497 e. The van der Waals surface area contributed by atoms with Crippen LogP contribution >= 0.6 is 28.1 Å². The molecule has 0 heterocycles. The maximum atomic E-state index is 12.5. The summed E-state index contributed by atoms with van der Waals surface area (Å²) in [6, 6.07) is 5.27. The Labute approximate surface area is 127 Å². The third kappa shape index (κ3) is 4.18. The number of rotatable bonds is 5. The number of hydrogen-bond acceptors (Lipinski definition) is 3. The van der Waals surface area contributed by atoms with E-state index in [0.717, 1.165) is 0 Å². The van der Waals surface area contributed by atoms with Gasteiger partial charge >= 0.3 is 0 Å². The molecule has 0 saturated carbocycles. The summed E-state index contributed by atoms with van der Waals surface area (Å²) in [4.78, 5) is 14.5. The van der Waals surface area contributed by atoms with Crippen molar-refractivity contribution in [3.05, 3.63) is 28.2 Å². The lowest BCUT2D eigenvalue weighted by atomic mass is 10.1. The monoisotopic (exact) mass is 344 g/mol. The minimum atomic E-state index is -0.131. The van der Waals surface area contributed by atoms with Crippen LogP contribution in [0.1, 0.15) is 24.2 Å². The summed E-state index contributed by atoms with van der Waals surface area (Å²) in [5.74, 6) is 0.499. The van der Waals surface area contributed by atoms with Gasteiger partial charge in [-0.2, -0.15) is 0 Å². The van der Waals surface area contributed by atoms with Crippen molar-refractivity contribution in [1.29, 1.82) is 0 Å². The SMILES string of the molecule is COc1ccc(Br)c(C(=O)N(CC(N)=S)C(C)C)c1. The molecule has 0 spiro atoms. The third-order valence-electron chi connectivity index (χ3n) is 2.61. The molecule has 1 amide bonds. The van der Waals surface area contributed by atoms with Gasteiger partial charge in [-0.3, -0.25) is 4.79 Å². The van der Waals surface area contributed by atoms with Crippen molar-refractivity contribution in [3.63, 3.8) is 0 Å². The van der Waals surface area contributed by atoms with Gasteiger partial charge in [0.25, 0.3) is 5.91 Å². The number of ether oxygens (including phenoxy) is 1. The Balaban J connectivity index is 3.12. The van der Waals surface area contributed by atoms with Gasteiger partial charge in [0.15, 0.2) is 0 Å². The highest BCUT2D eigenvalue weighted by molar-refractivity contribution is 9.10. The van der Waals surface area contributed by atoms with Crippen LogP contribution < -0.4 is 10.5 Å². The van der Waals surface area contributed by atoms with Crippen molar-refractivity contribution in [2.24, 2.45) is 5.73 Å². The van der Waals surface area contributed by atoms with E-state index in [1.807, 2.05) is 13.8 Å². The normalized spacial score (nSPS) is 10.4. The Morgan fingerprint density at radius 1 is 1.53 bits per heavy atom. The zero-order valence-corrected chi connectivity index (χ0v) is 13.5. The molecule has 0 aliphatic heterocycles. The van der Waals surface area contributed by atoms with Crippen LogP contribution in [0.3, 0.4) is 0 Å². The number of thiocarbonyl (C=S) groups is 1. The van der Waals surface area contributed by atoms with Gasteiger partial charge in [0.2, 0.25) is 0 Å². The molecule has 1 rings (SSSR count). The lowest BCUT2D eigenvalue weighted by molar-refractivity contribution is 0.0735. The van der Waals surface area contributed by atoms with Crippen LogP contribution in [0.25, 0.3) is 0 Å². The first-order chi connectivity index (χ1) is 8.86. The number of nitrogens with two attached hydrogens (primary N) is 1. The molecule has 0 unspecified atom stereocenters. The number of hydrogen-bond donors (Lipinski definition) is 1. The van der Waals surface area contributed by atoms with E-state index in [9.17, 15) is 4.79 Å². The van der Waals surface area contributed by atoms with E-state index in [2.05, 4.69) is 15.9 Å². The molecule has 4 nitrogen and oxygen atoms in total. The zero-order valence-electron chi connectivity index (χ0n) is 11.1. The Hall–Kier alpha value is -1.14. The molecular formula is C13H17BrN2O2S. The first-order valence-electron chi connectivity index (χ1n) is 5.79. The lowest BCUT2D eigenvalue weighted by Crippen LogP contribution is -2.42. The topological polar surface area (TPSA) is 55.6 Å². The van der Waals surface area contributed by atoms with Crippen molar-refractivity contribution in [1.82, 2.24) is 4.90 Å². The third-order valence-corrected chi connectivity index (χ3v) is 3.43. The first kappa shape index (κ1) is 15.9. The highest BCUT2D eigenvalue weighted by Crippen LogP contribution is 2.24. The molecule has 0 saturated heterocycles. The van der Waals surface area contributed by atoms with Crippen LogP contribution in [0.5, 0.6) is 5.75 Å². The van der Waals surface area contributed by atoms with E-state index in [-0.39, 0.29) is 18.5 Å². The standard InChI is InChI=1S/C13H17BrN2O2S/c1-8(2)16(7-12(15)19)13(17)10-6-9(18-3)4-5-11(10)14/h4-6,8H,7H2,1-3H3,(H2,15,19). The fourth-order valence-electron chi connectivity index (χ4n) is 1.61. The molecule has 0 aliphatic carbocycles. The predicted molar refractivity (Wildman–Crippen MR) is 83.7 cm³/mol. The van der Waals surface area contributed by atoms with Gasteiger partial charge in [-0.15, -0.1) is 0 Å². The minimum absolute atomic E-state index is 0.00658. The highest BCUT2D eigenvalue weighted by Gasteiger charge is 2.21. The van der Waals surface area contributed by atoms with Crippen LogP contribution in [0.2, 0.25) is 0 Å². The number of amides is 1. The summed E-state index contributed by atoms with van der Waals surface area (Å²) in [5, 5.41) is 0. The smallest absolute Gasteiger partial charge is 0.255 e.